The number of thiophene rings is 1. The first-order chi connectivity index (χ1) is 10.2. The van der Waals surface area contributed by atoms with E-state index in [2.05, 4.69) is 33.6 Å². The number of hydrogen-bond donors (Lipinski definition) is 2. The van der Waals surface area contributed by atoms with Crippen LogP contribution in [0.25, 0.3) is 10.2 Å². The predicted molar refractivity (Wildman–Crippen MR) is 93.0 cm³/mol. The third-order valence-electron chi connectivity index (χ3n) is 3.07. The summed E-state index contributed by atoms with van der Waals surface area (Å²) < 4.78 is 11.5. The Bertz CT molecular complexity index is 627. The Kier molecular flexibility index (Phi) is 5.93. The van der Waals surface area contributed by atoms with Crippen molar-refractivity contribution in [1.29, 1.82) is 0 Å². The van der Waals surface area contributed by atoms with Gasteiger partial charge in [0.05, 0.1) is 5.39 Å². The SMILES string of the molecule is CCNc1nc(NCCS(=O)CC)c2cc(CC)sc2n1. The van der Waals surface area contributed by atoms with Crippen LogP contribution < -0.4 is 10.6 Å². The maximum atomic E-state index is 11.5. The zero-order chi connectivity index (χ0) is 15.2. The number of fused-ring (bicyclic) bond motifs is 1. The highest BCUT2D eigenvalue weighted by Crippen LogP contribution is 2.30. The third-order valence-corrected chi connectivity index (χ3v) is 5.55. The molecular formula is C14H22N4OS2. The summed E-state index contributed by atoms with van der Waals surface area (Å²) in [5, 5.41) is 7.53. The van der Waals surface area contributed by atoms with Crippen molar-refractivity contribution >= 4 is 44.1 Å². The lowest BCUT2D eigenvalue weighted by Crippen LogP contribution is -2.14. The Hall–Kier alpha value is -1.21. The molecule has 0 bridgehead atoms. The van der Waals surface area contributed by atoms with Gasteiger partial charge in [-0.2, -0.15) is 4.98 Å². The van der Waals surface area contributed by atoms with Crippen molar-refractivity contribution in [2.24, 2.45) is 0 Å². The molecule has 0 fully saturated rings. The van der Waals surface area contributed by atoms with Crippen LogP contribution in [0.5, 0.6) is 0 Å². The van der Waals surface area contributed by atoms with Crippen LogP contribution in [0.2, 0.25) is 0 Å². The highest BCUT2D eigenvalue weighted by molar-refractivity contribution is 7.84. The first-order valence-electron chi connectivity index (χ1n) is 7.31. The smallest absolute Gasteiger partial charge is 0.226 e. The third kappa shape index (κ3) is 4.14. The fourth-order valence-corrected chi connectivity index (χ4v) is 3.53. The Balaban J connectivity index is 2.25. The van der Waals surface area contributed by atoms with Crippen LogP contribution in [0.3, 0.4) is 0 Å². The van der Waals surface area contributed by atoms with Crippen molar-refractivity contribution in [3.8, 4) is 0 Å². The minimum absolute atomic E-state index is 0.642. The summed E-state index contributed by atoms with van der Waals surface area (Å²) in [7, 11) is -0.758. The number of anilines is 2. The molecule has 21 heavy (non-hydrogen) atoms. The van der Waals surface area contributed by atoms with Gasteiger partial charge >= 0.3 is 0 Å². The first kappa shape index (κ1) is 16.2. The van der Waals surface area contributed by atoms with Gasteiger partial charge in [0.2, 0.25) is 5.95 Å². The lowest BCUT2D eigenvalue weighted by atomic mass is 10.3. The Morgan fingerprint density at radius 2 is 2.05 bits per heavy atom. The standard InChI is InChI=1S/C14H22N4OS2/c1-4-10-9-11-12(16-7-8-21(19)6-3)17-14(15-5-2)18-13(11)20-10/h9H,4-8H2,1-3H3,(H2,15,16,17,18). The summed E-state index contributed by atoms with van der Waals surface area (Å²) >= 11 is 1.70. The minimum Gasteiger partial charge on any atom is -0.368 e. The fourth-order valence-electron chi connectivity index (χ4n) is 1.95. The molecule has 5 nitrogen and oxygen atoms in total. The van der Waals surface area contributed by atoms with Crippen LogP contribution in [-0.2, 0) is 17.2 Å². The van der Waals surface area contributed by atoms with Gasteiger partial charge < -0.3 is 10.6 Å². The highest BCUT2D eigenvalue weighted by Gasteiger charge is 2.11. The van der Waals surface area contributed by atoms with Crippen LogP contribution in [0, 0.1) is 0 Å². The van der Waals surface area contributed by atoms with Crippen LogP contribution >= 0.6 is 11.3 Å². The summed E-state index contributed by atoms with van der Waals surface area (Å²) in [5.74, 6) is 2.82. The maximum Gasteiger partial charge on any atom is 0.226 e. The molecule has 0 amide bonds. The summed E-state index contributed by atoms with van der Waals surface area (Å²) in [6.45, 7) is 7.55. The van der Waals surface area contributed by atoms with Gasteiger partial charge in [0.1, 0.15) is 10.6 Å². The topological polar surface area (TPSA) is 66.9 Å². The van der Waals surface area contributed by atoms with Gasteiger partial charge in [-0.3, -0.25) is 4.21 Å². The summed E-state index contributed by atoms with van der Waals surface area (Å²) in [5.41, 5.74) is 0. The van der Waals surface area contributed by atoms with Crippen molar-refractivity contribution in [2.75, 3.05) is 35.2 Å². The monoisotopic (exact) mass is 326 g/mol. The average Bonchev–Trinajstić information content (AvgIpc) is 2.90. The molecule has 0 saturated carbocycles. The second kappa shape index (κ2) is 7.70. The maximum absolute atomic E-state index is 11.5. The Labute approximate surface area is 132 Å². The minimum atomic E-state index is -0.758. The van der Waals surface area contributed by atoms with Crippen LogP contribution in [-0.4, -0.2) is 38.8 Å². The van der Waals surface area contributed by atoms with E-state index in [4.69, 9.17) is 0 Å². The van der Waals surface area contributed by atoms with E-state index >= 15 is 0 Å². The van der Waals surface area contributed by atoms with E-state index in [0.717, 1.165) is 29.0 Å². The van der Waals surface area contributed by atoms with Gasteiger partial charge in [-0.1, -0.05) is 13.8 Å². The van der Waals surface area contributed by atoms with E-state index in [0.29, 0.717) is 24.0 Å². The molecule has 0 spiro atoms. The molecule has 0 aliphatic carbocycles. The highest BCUT2D eigenvalue weighted by atomic mass is 32.2. The van der Waals surface area contributed by atoms with Crippen LogP contribution in [0.1, 0.15) is 25.6 Å². The number of hydrogen-bond acceptors (Lipinski definition) is 6. The number of aromatic nitrogens is 2. The van der Waals surface area contributed by atoms with Gasteiger partial charge in [-0.05, 0) is 19.4 Å². The molecule has 2 rings (SSSR count). The number of rotatable bonds is 8. The van der Waals surface area contributed by atoms with Crippen molar-refractivity contribution in [2.45, 2.75) is 27.2 Å². The lowest BCUT2D eigenvalue weighted by Gasteiger charge is -2.08. The zero-order valence-electron chi connectivity index (χ0n) is 12.7. The van der Waals surface area contributed by atoms with Crippen LogP contribution in [0.4, 0.5) is 11.8 Å². The molecule has 7 heteroatoms. The van der Waals surface area contributed by atoms with Crippen molar-refractivity contribution < 1.29 is 4.21 Å². The van der Waals surface area contributed by atoms with E-state index in [9.17, 15) is 4.21 Å². The van der Waals surface area contributed by atoms with E-state index in [1.165, 1.54) is 4.88 Å². The molecule has 1 atom stereocenters. The Morgan fingerprint density at radius 3 is 2.71 bits per heavy atom. The van der Waals surface area contributed by atoms with Gasteiger partial charge in [-0.15, -0.1) is 11.3 Å². The van der Waals surface area contributed by atoms with Crippen molar-refractivity contribution in [3.05, 3.63) is 10.9 Å². The number of nitrogens with one attached hydrogen (secondary N) is 2. The molecule has 0 saturated heterocycles. The lowest BCUT2D eigenvalue weighted by molar-refractivity contribution is 0.684. The predicted octanol–water partition coefficient (Wildman–Crippen LogP) is 2.87. The summed E-state index contributed by atoms with van der Waals surface area (Å²) in [6, 6.07) is 2.15. The molecule has 116 valence electrons. The van der Waals surface area contributed by atoms with E-state index in [1.807, 2.05) is 13.8 Å². The van der Waals surface area contributed by atoms with E-state index < -0.39 is 10.8 Å². The van der Waals surface area contributed by atoms with Crippen molar-refractivity contribution in [1.82, 2.24) is 9.97 Å². The molecule has 0 aliphatic heterocycles. The number of aryl methyl sites for hydroxylation is 1. The van der Waals surface area contributed by atoms with Gasteiger partial charge in [-0.25, -0.2) is 4.98 Å². The summed E-state index contributed by atoms with van der Waals surface area (Å²) in [4.78, 5) is 11.4. The molecule has 2 aromatic rings. The first-order valence-corrected chi connectivity index (χ1v) is 9.61. The number of nitrogens with zero attached hydrogens (tertiary/aromatic N) is 2. The quantitative estimate of drug-likeness (QED) is 0.781. The van der Waals surface area contributed by atoms with Gasteiger partial charge in [0.25, 0.3) is 0 Å². The molecule has 0 aliphatic rings. The fraction of sp³-hybridized carbons (Fsp3) is 0.571. The second-order valence-corrected chi connectivity index (χ2v) is 7.55. The summed E-state index contributed by atoms with van der Waals surface area (Å²) in [6.07, 6.45) is 0.997. The average molecular weight is 326 g/mol. The molecule has 0 aromatic carbocycles. The second-order valence-electron chi connectivity index (χ2n) is 4.57. The Morgan fingerprint density at radius 1 is 1.24 bits per heavy atom. The van der Waals surface area contributed by atoms with Gasteiger partial charge in [0.15, 0.2) is 0 Å². The molecule has 1 unspecified atom stereocenters. The molecular weight excluding hydrogens is 304 g/mol. The van der Waals surface area contributed by atoms with E-state index in [-0.39, 0.29) is 0 Å². The largest absolute Gasteiger partial charge is 0.368 e. The van der Waals surface area contributed by atoms with Crippen molar-refractivity contribution in [3.63, 3.8) is 0 Å². The van der Waals surface area contributed by atoms with Crippen LogP contribution in [0.15, 0.2) is 6.07 Å². The van der Waals surface area contributed by atoms with Gasteiger partial charge in [0, 0.05) is 40.3 Å². The molecule has 0 radical (unpaired) electrons. The molecule has 2 aromatic heterocycles. The molecule has 2 heterocycles. The van der Waals surface area contributed by atoms with E-state index in [1.54, 1.807) is 11.3 Å². The zero-order valence-corrected chi connectivity index (χ0v) is 14.4. The molecule has 2 N–H and O–H groups in total. The normalized spacial score (nSPS) is 12.5.